The van der Waals surface area contributed by atoms with Crippen LogP contribution in [0.15, 0.2) is 303 Å². The summed E-state index contributed by atoms with van der Waals surface area (Å²) < 4.78 is 20.1. The molecule has 6 nitrogen and oxygen atoms in total. The summed E-state index contributed by atoms with van der Waals surface area (Å²) in [6, 6.07) is 113. The number of aromatic nitrogens is 2. The Bertz CT molecular complexity index is 5810. The Labute approximate surface area is 582 Å². The monoisotopic (exact) mass is 1280 g/mol. The van der Waals surface area contributed by atoms with Crippen LogP contribution in [0.1, 0.15) is 51.7 Å². The van der Waals surface area contributed by atoms with Gasteiger partial charge in [-0.05, 0) is 193 Å². The molecule has 0 spiro atoms. The highest BCUT2D eigenvalue weighted by Crippen LogP contribution is 2.54. The first-order chi connectivity index (χ1) is 49.1. The first-order valence-corrected chi connectivity index (χ1v) is 35.2. The summed E-state index contributed by atoms with van der Waals surface area (Å²) in [7, 11) is 0. The second-order valence-electron chi connectivity index (χ2n) is 29.3. The van der Waals surface area contributed by atoms with E-state index in [1.165, 1.54) is 82.3 Å². The van der Waals surface area contributed by atoms with Gasteiger partial charge in [0.1, 0.15) is 23.0 Å². The fraction of sp³-hybridized carbons (Fsp3) is 0.0870. The van der Waals surface area contributed by atoms with Crippen LogP contribution in [-0.2, 0) is 10.8 Å². The minimum absolute atomic E-state index is 0.00575. The van der Waals surface area contributed by atoms with Crippen molar-refractivity contribution in [3.05, 3.63) is 314 Å². The summed E-state index contributed by atoms with van der Waals surface area (Å²) >= 11 is 0. The molecule has 5 aliphatic rings. The Kier molecular flexibility index (Phi) is 12.1. The Morgan fingerprint density at radius 2 is 0.800 bits per heavy atom. The van der Waals surface area contributed by atoms with Crippen LogP contribution in [0.4, 0.5) is 34.1 Å². The third kappa shape index (κ3) is 8.22. The number of hydrogen-bond donors (Lipinski definition) is 0. The maximum atomic E-state index is 7.75. The van der Waals surface area contributed by atoms with Crippen LogP contribution in [0.2, 0.25) is 0 Å². The summed E-state index contributed by atoms with van der Waals surface area (Å²) in [5, 5.41) is 4.91. The number of hydrogen-bond acceptors (Lipinski definition) is 4. The third-order valence-electron chi connectivity index (χ3n) is 22.8. The van der Waals surface area contributed by atoms with Crippen molar-refractivity contribution in [1.29, 1.82) is 0 Å². The zero-order valence-electron chi connectivity index (χ0n) is 56.0. The van der Waals surface area contributed by atoms with Crippen molar-refractivity contribution in [2.24, 2.45) is 0 Å². The molecule has 1 aliphatic carbocycles. The number of para-hydroxylation sites is 7. The number of rotatable bonds is 7. The van der Waals surface area contributed by atoms with E-state index in [2.05, 4.69) is 350 Å². The minimum atomic E-state index is -0.189. The highest BCUT2D eigenvalue weighted by molar-refractivity contribution is 7.00. The van der Waals surface area contributed by atoms with Crippen molar-refractivity contribution in [3.8, 4) is 67.8 Å². The van der Waals surface area contributed by atoms with Crippen LogP contribution in [0.5, 0.6) is 23.0 Å². The fourth-order valence-corrected chi connectivity index (χ4v) is 18.3. The molecule has 0 amide bonds. The standard InChI is InChI=1S/C92H66B2N4O2/c1-91(2)49-50-92(3,4)87-64(35-24-36-70(87)91)58-43-48-84-74(51-58)94-73-37-18-23-42-83(73)99-85-56-69(86(90(100-84)89(85)94)57-25-8-5-9-26-57)59-52-81-88-82(53-59)96(61-29-12-7-13-30-61)80-55-63(98-77-40-21-16-33-67(77)68-34-17-22-41-78(68)98)45-47-72(80)93(88)71-46-44-62(54-79(71)95(81)60-27-10-6-11-28-60)97-75-38-19-14-31-65(75)66-32-15-20-39-76(66)97/h5-48,51-56H,49-50H2,1-4H3. The molecule has 6 heterocycles. The molecule has 0 atom stereocenters. The van der Waals surface area contributed by atoms with Crippen molar-refractivity contribution in [2.45, 2.75) is 51.4 Å². The van der Waals surface area contributed by atoms with Crippen LogP contribution in [0.25, 0.3) is 88.4 Å². The Morgan fingerprint density at radius 3 is 1.37 bits per heavy atom. The normalized spacial score (nSPS) is 14.8. The van der Waals surface area contributed by atoms with Gasteiger partial charge >= 0.3 is 0 Å². The minimum Gasteiger partial charge on any atom is -0.458 e. The van der Waals surface area contributed by atoms with Gasteiger partial charge in [-0.2, -0.15) is 0 Å². The van der Waals surface area contributed by atoms with Gasteiger partial charge in [0.15, 0.2) is 0 Å². The third-order valence-corrected chi connectivity index (χ3v) is 22.8. The molecule has 0 N–H and O–H groups in total. The molecule has 8 heteroatoms. The summed E-state index contributed by atoms with van der Waals surface area (Å²) in [6.07, 6.45) is 2.28. The van der Waals surface area contributed by atoms with E-state index in [1.54, 1.807) is 0 Å². The van der Waals surface area contributed by atoms with Crippen molar-refractivity contribution in [2.75, 3.05) is 9.80 Å². The fourth-order valence-electron chi connectivity index (χ4n) is 18.3. The number of fused-ring (bicyclic) bond motifs is 15. The van der Waals surface area contributed by atoms with E-state index >= 15 is 0 Å². The summed E-state index contributed by atoms with van der Waals surface area (Å²) in [4.78, 5) is 5.10. The lowest BCUT2D eigenvalue weighted by atomic mass is 9.33. The van der Waals surface area contributed by atoms with Crippen molar-refractivity contribution < 1.29 is 9.47 Å². The topological polar surface area (TPSA) is 34.8 Å². The molecule has 100 heavy (non-hydrogen) atoms. The number of benzene rings is 14. The molecule has 0 saturated heterocycles. The van der Waals surface area contributed by atoms with Gasteiger partial charge < -0.3 is 28.4 Å². The highest BCUT2D eigenvalue weighted by Gasteiger charge is 2.47. The van der Waals surface area contributed by atoms with E-state index in [4.69, 9.17) is 9.47 Å². The first-order valence-electron chi connectivity index (χ1n) is 35.2. The van der Waals surface area contributed by atoms with E-state index in [0.29, 0.717) is 0 Å². The lowest BCUT2D eigenvalue weighted by Gasteiger charge is -2.45. The van der Waals surface area contributed by atoms with Crippen LogP contribution in [0.3, 0.4) is 0 Å². The molecule has 21 rings (SSSR count). The SMILES string of the molecule is CC1(C)CCC(C)(C)c2c(-c3ccc4c(c3)B3c5ccccc5Oc5cc(-c6cc7c8c(c6)N(c6ccccc6)c6cc(-n9c%10ccccc%10c%10ccccc%109)ccc6B8c6ccc(-n8c9ccccc9c9ccccc98)cc6N7c6ccccc6)c(-c6ccccc6)c(c53)O4)cccc21. The van der Waals surface area contributed by atoms with Crippen molar-refractivity contribution in [1.82, 2.24) is 9.13 Å². The number of anilines is 6. The van der Waals surface area contributed by atoms with Gasteiger partial charge in [-0.1, -0.05) is 228 Å². The molecule has 0 bridgehead atoms. The number of nitrogens with zero attached hydrogens (tertiary/aromatic N) is 4. The van der Waals surface area contributed by atoms with E-state index in [1.807, 2.05) is 0 Å². The van der Waals surface area contributed by atoms with Gasteiger partial charge in [-0.25, -0.2) is 0 Å². The molecule has 2 aromatic heterocycles. The smallest absolute Gasteiger partial charge is 0.260 e. The quantitative estimate of drug-likeness (QED) is 0.149. The number of ether oxygens (including phenoxy) is 2. The molecular weight excluding hydrogens is 1210 g/mol. The molecule has 472 valence electrons. The predicted molar refractivity (Wildman–Crippen MR) is 418 cm³/mol. The molecule has 0 saturated carbocycles. The molecule has 0 radical (unpaired) electrons. The predicted octanol–water partition coefficient (Wildman–Crippen LogP) is 20.0. The molecule has 16 aromatic rings. The zero-order chi connectivity index (χ0) is 66.3. The zero-order valence-corrected chi connectivity index (χ0v) is 56.0. The Hall–Kier alpha value is -12.0. The lowest BCUT2D eigenvalue weighted by Crippen LogP contribution is -2.61. The molecule has 0 unspecified atom stereocenters. The van der Waals surface area contributed by atoms with Gasteiger partial charge in [0, 0.05) is 78.1 Å². The molecule has 4 aliphatic heterocycles. The first kappa shape index (κ1) is 57.1. The van der Waals surface area contributed by atoms with Crippen molar-refractivity contribution in [3.63, 3.8) is 0 Å². The maximum Gasteiger partial charge on any atom is 0.260 e. The average Bonchev–Trinajstić information content (AvgIpc) is 0.864. The average molecular weight is 1280 g/mol. The second kappa shape index (κ2) is 21.3. The van der Waals surface area contributed by atoms with Gasteiger partial charge in [-0.15, -0.1) is 0 Å². The van der Waals surface area contributed by atoms with Gasteiger partial charge in [0.2, 0.25) is 0 Å². The van der Waals surface area contributed by atoms with E-state index in [-0.39, 0.29) is 24.3 Å². The molecule has 14 aromatic carbocycles. The Morgan fingerprint density at radius 1 is 0.310 bits per heavy atom. The van der Waals surface area contributed by atoms with Crippen LogP contribution >= 0.6 is 0 Å². The highest BCUT2D eigenvalue weighted by atomic mass is 16.5. The van der Waals surface area contributed by atoms with Crippen LogP contribution in [-0.4, -0.2) is 22.6 Å². The second-order valence-corrected chi connectivity index (χ2v) is 29.3. The largest absolute Gasteiger partial charge is 0.458 e. The van der Waals surface area contributed by atoms with Gasteiger partial charge in [0.25, 0.3) is 13.4 Å². The van der Waals surface area contributed by atoms with Gasteiger partial charge in [0.05, 0.1) is 22.1 Å². The lowest BCUT2D eigenvalue weighted by molar-refractivity contribution is 0.333. The summed E-state index contributed by atoms with van der Waals surface area (Å²) in [5.74, 6) is 3.30. The van der Waals surface area contributed by atoms with Gasteiger partial charge in [-0.3, -0.25) is 0 Å². The molecule has 0 fully saturated rings. The maximum absolute atomic E-state index is 7.75. The molecular formula is C92H66B2N4O2. The Balaban J connectivity index is 0.848. The van der Waals surface area contributed by atoms with Crippen LogP contribution < -0.4 is 52.1 Å². The van der Waals surface area contributed by atoms with Crippen molar-refractivity contribution >= 4 is 124 Å². The summed E-state index contributed by atoms with van der Waals surface area (Å²) in [5.41, 5.74) is 30.0. The van der Waals surface area contributed by atoms with Crippen LogP contribution in [0, 0.1) is 0 Å². The summed E-state index contributed by atoms with van der Waals surface area (Å²) in [6.45, 7) is 9.33. The van der Waals surface area contributed by atoms with E-state index in [0.717, 1.165) is 120 Å². The van der Waals surface area contributed by atoms with E-state index < -0.39 is 0 Å². The van der Waals surface area contributed by atoms with E-state index in [9.17, 15) is 0 Å².